The van der Waals surface area contributed by atoms with Gasteiger partial charge in [-0.25, -0.2) is 4.79 Å². The van der Waals surface area contributed by atoms with Crippen molar-refractivity contribution in [2.45, 2.75) is 52.7 Å². The van der Waals surface area contributed by atoms with Crippen LogP contribution in [-0.2, 0) is 22.7 Å². The molecule has 8 nitrogen and oxygen atoms in total. The van der Waals surface area contributed by atoms with Crippen LogP contribution < -0.4 is 5.32 Å². The summed E-state index contributed by atoms with van der Waals surface area (Å²) in [6.45, 7) is 7.45. The third-order valence-corrected chi connectivity index (χ3v) is 4.27. The summed E-state index contributed by atoms with van der Waals surface area (Å²) >= 11 is 0. The molecule has 2 heterocycles. The Hall–Kier alpha value is -2.38. The lowest BCUT2D eigenvalue weighted by molar-refractivity contribution is -0.135. The number of carbonyl (C=O) groups excluding carboxylic acids is 3. The van der Waals surface area contributed by atoms with Crippen LogP contribution in [0, 0.1) is 6.92 Å². The number of imide groups is 1. The third kappa shape index (κ3) is 3.58. The second kappa shape index (κ2) is 7.46. The van der Waals surface area contributed by atoms with Gasteiger partial charge in [-0.1, -0.05) is 6.92 Å². The zero-order valence-electron chi connectivity index (χ0n) is 14.7. The Morgan fingerprint density at radius 3 is 2.67 bits per heavy atom. The van der Waals surface area contributed by atoms with Gasteiger partial charge in [0.2, 0.25) is 5.91 Å². The van der Waals surface area contributed by atoms with Crippen molar-refractivity contribution >= 4 is 17.8 Å². The van der Waals surface area contributed by atoms with Gasteiger partial charge in [0.1, 0.15) is 6.04 Å². The van der Waals surface area contributed by atoms with E-state index in [9.17, 15) is 14.4 Å². The van der Waals surface area contributed by atoms with E-state index in [2.05, 4.69) is 10.4 Å². The Bertz CT molecular complexity index is 640. The summed E-state index contributed by atoms with van der Waals surface area (Å²) in [7, 11) is 1.69. The summed E-state index contributed by atoms with van der Waals surface area (Å²) < 4.78 is 1.87. The molecule has 24 heavy (non-hydrogen) atoms. The molecule has 1 aromatic heterocycles. The number of amides is 4. The number of carbonyl (C=O) groups is 3. The third-order valence-electron chi connectivity index (χ3n) is 4.27. The van der Waals surface area contributed by atoms with Crippen molar-refractivity contribution in [3.63, 3.8) is 0 Å². The quantitative estimate of drug-likeness (QED) is 0.750. The first-order chi connectivity index (χ1) is 11.4. The molecule has 1 unspecified atom stereocenters. The Morgan fingerprint density at radius 2 is 2.08 bits per heavy atom. The zero-order valence-corrected chi connectivity index (χ0v) is 14.7. The van der Waals surface area contributed by atoms with Crippen molar-refractivity contribution in [1.82, 2.24) is 24.9 Å². The minimum atomic E-state index is -0.765. The van der Waals surface area contributed by atoms with Gasteiger partial charge in [0.25, 0.3) is 5.91 Å². The minimum Gasteiger partial charge on any atom is -0.341 e. The predicted octanol–water partition coefficient (Wildman–Crippen LogP) is 0.890. The Balaban J connectivity index is 1.95. The summed E-state index contributed by atoms with van der Waals surface area (Å²) in [6.07, 6.45) is 2.43. The number of nitrogens with zero attached hydrogens (tertiary/aromatic N) is 4. The van der Waals surface area contributed by atoms with Gasteiger partial charge in [-0.3, -0.25) is 19.2 Å². The number of urea groups is 1. The van der Waals surface area contributed by atoms with Crippen molar-refractivity contribution in [3.05, 3.63) is 17.5 Å². The molecule has 1 aliphatic rings. The van der Waals surface area contributed by atoms with Crippen LogP contribution in [0.15, 0.2) is 6.20 Å². The van der Waals surface area contributed by atoms with Crippen molar-refractivity contribution < 1.29 is 14.4 Å². The Morgan fingerprint density at radius 1 is 1.38 bits per heavy atom. The Labute approximate surface area is 141 Å². The van der Waals surface area contributed by atoms with Gasteiger partial charge in [-0.2, -0.15) is 5.10 Å². The molecule has 1 N–H and O–H groups in total. The highest BCUT2D eigenvalue weighted by Gasteiger charge is 2.38. The van der Waals surface area contributed by atoms with Gasteiger partial charge >= 0.3 is 6.03 Å². The molecular weight excluding hydrogens is 310 g/mol. The van der Waals surface area contributed by atoms with Gasteiger partial charge in [0.05, 0.1) is 12.6 Å². The molecule has 2 rings (SSSR count). The predicted molar refractivity (Wildman–Crippen MR) is 88.1 cm³/mol. The van der Waals surface area contributed by atoms with Crippen LogP contribution in [0.4, 0.5) is 4.79 Å². The van der Waals surface area contributed by atoms with Gasteiger partial charge in [-0.05, 0) is 20.3 Å². The highest BCUT2D eigenvalue weighted by molar-refractivity contribution is 6.05. The topological polar surface area (TPSA) is 87.5 Å². The first kappa shape index (κ1) is 18.0. The van der Waals surface area contributed by atoms with Crippen molar-refractivity contribution in [3.8, 4) is 0 Å². The smallest absolute Gasteiger partial charge is 0.324 e. The molecule has 1 aliphatic heterocycles. The number of hydrogen-bond acceptors (Lipinski definition) is 4. The molecule has 4 amide bonds. The van der Waals surface area contributed by atoms with Gasteiger partial charge in [0, 0.05) is 37.9 Å². The maximum absolute atomic E-state index is 12.4. The maximum atomic E-state index is 12.4. The zero-order chi connectivity index (χ0) is 17.9. The van der Waals surface area contributed by atoms with Gasteiger partial charge in [0.15, 0.2) is 0 Å². The number of rotatable bonds is 7. The van der Waals surface area contributed by atoms with E-state index < -0.39 is 12.1 Å². The molecule has 0 aromatic carbocycles. The molecule has 1 saturated heterocycles. The van der Waals surface area contributed by atoms with Crippen LogP contribution in [-0.4, -0.2) is 57.1 Å². The molecule has 8 heteroatoms. The van der Waals surface area contributed by atoms with Crippen molar-refractivity contribution in [2.75, 3.05) is 13.6 Å². The van der Waals surface area contributed by atoms with Crippen LogP contribution in [0.2, 0.25) is 0 Å². The van der Waals surface area contributed by atoms with Crippen molar-refractivity contribution in [2.24, 2.45) is 0 Å². The molecule has 0 spiro atoms. The van der Waals surface area contributed by atoms with Crippen LogP contribution in [0.5, 0.6) is 0 Å². The van der Waals surface area contributed by atoms with Crippen LogP contribution in [0.1, 0.15) is 37.9 Å². The SMILES string of the molecule is CCCN1C(=O)NC(CC(=O)N(C)Cc2cnn(CC)c2C)C1=O. The molecule has 1 fully saturated rings. The summed E-state index contributed by atoms with van der Waals surface area (Å²) in [5.74, 6) is -0.505. The van der Waals surface area contributed by atoms with E-state index in [1.807, 2.05) is 25.5 Å². The second-order valence-corrected chi connectivity index (χ2v) is 6.02. The summed E-state index contributed by atoms with van der Waals surface area (Å²) in [4.78, 5) is 39.1. The number of aromatic nitrogens is 2. The van der Waals surface area contributed by atoms with E-state index in [4.69, 9.17) is 0 Å². The minimum absolute atomic E-state index is 0.0255. The van der Waals surface area contributed by atoms with E-state index >= 15 is 0 Å². The van der Waals surface area contributed by atoms with E-state index in [1.165, 1.54) is 4.90 Å². The summed E-state index contributed by atoms with van der Waals surface area (Å²) in [5, 5.41) is 6.85. The average Bonchev–Trinajstić information content (AvgIpc) is 3.02. The fourth-order valence-corrected chi connectivity index (χ4v) is 2.78. The molecule has 0 radical (unpaired) electrons. The molecule has 0 bridgehead atoms. The molecule has 0 saturated carbocycles. The van der Waals surface area contributed by atoms with Crippen molar-refractivity contribution in [1.29, 1.82) is 0 Å². The first-order valence-electron chi connectivity index (χ1n) is 8.26. The van der Waals surface area contributed by atoms with Crippen LogP contribution in [0.25, 0.3) is 0 Å². The van der Waals surface area contributed by atoms with Gasteiger partial charge in [-0.15, -0.1) is 0 Å². The standard InChI is InChI=1S/C16H25N5O3/c1-5-7-20-15(23)13(18-16(20)24)8-14(22)19(4)10-12-9-17-21(6-2)11(12)3/h9,13H,5-8,10H2,1-4H3,(H,18,24). The maximum Gasteiger partial charge on any atom is 0.324 e. The first-order valence-corrected chi connectivity index (χ1v) is 8.26. The lowest BCUT2D eigenvalue weighted by Crippen LogP contribution is -2.37. The molecule has 1 atom stereocenters. The molecule has 0 aliphatic carbocycles. The van der Waals surface area contributed by atoms with E-state index in [-0.39, 0.29) is 18.2 Å². The van der Waals surface area contributed by atoms with E-state index in [0.717, 1.165) is 17.8 Å². The van der Waals surface area contributed by atoms with E-state index in [0.29, 0.717) is 19.5 Å². The fraction of sp³-hybridized carbons (Fsp3) is 0.625. The molecule has 132 valence electrons. The number of aryl methyl sites for hydroxylation is 1. The highest BCUT2D eigenvalue weighted by atomic mass is 16.2. The summed E-state index contributed by atoms with van der Waals surface area (Å²) in [6, 6.07) is -1.18. The van der Waals surface area contributed by atoms with Crippen LogP contribution >= 0.6 is 0 Å². The normalized spacial score (nSPS) is 17.3. The number of nitrogens with one attached hydrogen (secondary N) is 1. The lowest BCUT2D eigenvalue weighted by Gasteiger charge is -2.18. The Kier molecular flexibility index (Phi) is 5.58. The number of hydrogen-bond donors (Lipinski definition) is 1. The van der Waals surface area contributed by atoms with Crippen LogP contribution in [0.3, 0.4) is 0 Å². The second-order valence-electron chi connectivity index (χ2n) is 6.02. The fourth-order valence-electron chi connectivity index (χ4n) is 2.78. The average molecular weight is 335 g/mol. The van der Waals surface area contributed by atoms with Gasteiger partial charge < -0.3 is 10.2 Å². The molecule has 1 aromatic rings. The lowest BCUT2D eigenvalue weighted by atomic mass is 10.1. The summed E-state index contributed by atoms with van der Waals surface area (Å²) in [5.41, 5.74) is 2.00. The molecular formula is C16H25N5O3. The monoisotopic (exact) mass is 335 g/mol. The highest BCUT2D eigenvalue weighted by Crippen LogP contribution is 2.14. The largest absolute Gasteiger partial charge is 0.341 e. The van der Waals surface area contributed by atoms with E-state index in [1.54, 1.807) is 18.1 Å².